The minimum atomic E-state index is -0.619. The van der Waals surface area contributed by atoms with E-state index >= 15 is 0 Å². The van der Waals surface area contributed by atoms with E-state index in [1.807, 2.05) is 0 Å². The minimum Gasteiger partial charge on any atom is -0.347 e. The number of fused-ring (bicyclic) bond motifs is 1. The number of aryl methyl sites for hydroxylation is 3. The summed E-state index contributed by atoms with van der Waals surface area (Å²) in [5.74, 6) is 0.426. The van der Waals surface area contributed by atoms with Crippen molar-refractivity contribution in [3.8, 4) is 0 Å². The Bertz CT molecular complexity index is 956. The molecule has 2 fully saturated rings. The van der Waals surface area contributed by atoms with Crippen LogP contribution >= 0.6 is 0 Å². The zero-order valence-electron chi connectivity index (χ0n) is 19.2. The normalized spacial score (nSPS) is 32.8. The topological polar surface area (TPSA) is 6.48 Å². The van der Waals surface area contributed by atoms with Crippen molar-refractivity contribution in [2.45, 2.75) is 77.6 Å². The first-order chi connectivity index (χ1) is 14.4. The molecule has 0 bridgehead atoms. The monoisotopic (exact) mass is 387 g/mol. The van der Waals surface area contributed by atoms with E-state index in [1.54, 1.807) is 0 Å². The lowest BCUT2D eigenvalue weighted by Gasteiger charge is -2.39. The second-order valence-corrected chi connectivity index (χ2v) is 9.28. The maximum Gasteiger partial charge on any atom is 0.110 e. The molecule has 1 aliphatic carbocycles. The Morgan fingerprint density at radius 1 is 0.862 bits per heavy atom. The minimum absolute atomic E-state index is 0.0837. The van der Waals surface area contributed by atoms with Crippen molar-refractivity contribution in [3.63, 3.8) is 0 Å². The van der Waals surface area contributed by atoms with Crippen LogP contribution in [0.2, 0.25) is 0 Å². The van der Waals surface area contributed by atoms with Gasteiger partial charge in [0.2, 0.25) is 0 Å². The van der Waals surface area contributed by atoms with Crippen LogP contribution in [0, 0.1) is 26.7 Å². The lowest BCUT2D eigenvalue weighted by Crippen LogP contribution is -2.41. The van der Waals surface area contributed by atoms with Gasteiger partial charge in [0.15, 0.2) is 0 Å². The van der Waals surface area contributed by atoms with Crippen molar-refractivity contribution in [1.82, 2.24) is 4.90 Å². The average Bonchev–Trinajstić information content (AvgIpc) is 3.42. The molecule has 5 rings (SSSR count). The number of rotatable bonds is 3. The zero-order valence-corrected chi connectivity index (χ0v) is 18.2. The van der Waals surface area contributed by atoms with Crippen molar-refractivity contribution in [2.24, 2.45) is 5.92 Å². The van der Waals surface area contributed by atoms with Gasteiger partial charge >= 0.3 is 0 Å². The Balaban J connectivity index is 1.71. The van der Waals surface area contributed by atoms with Crippen LogP contribution in [-0.2, 0) is 0 Å². The summed E-state index contributed by atoms with van der Waals surface area (Å²) in [5, 5.41) is 0. The molecule has 2 heterocycles. The third-order valence-electron chi connectivity index (χ3n) is 7.51. The Hall–Kier alpha value is -2.06. The molecule has 3 unspecified atom stereocenters. The highest BCUT2D eigenvalue weighted by atomic mass is 15.5. The van der Waals surface area contributed by atoms with Crippen LogP contribution in [0.15, 0.2) is 54.6 Å². The molecule has 152 valence electrons. The number of nitrogens with zero attached hydrogens (tertiary/aromatic N) is 2. The summed E-state index contributed by atoms with van der Waals surface area (Å²) in [4.78, 5) is 5.16. The van der Waals surface area contributed by atoms with Gasteiger partial charge in [0, 0.05) is 17.7 Å². The summed E-state index contributed by atoms with van der Waals surface area (Å²) >= 11 is 0. The Morgan fingerprint density at radius 2 is 1.52 bits per heavy atom. The summed E-state index contributed by atoms with van der Waals surface area (Å²) in [5.41, 5.74) is 6.64. The molecule has 2 heteroatoms. The molecule has 2 aliphatic heterocycles. The van der Waals surface area contributed by atoms with Crippen LogP contribution in [0.4, 0.5) is 5.69 Å². The Labute approximate surface area is 177 Å². The number of para-hydroxylation sites is 1. The van der Waals surface area contributed by atoms with E-state index in [4.69, 9.17) is 0 Å². The van der Waals surface area contributed by atoms with E-state index < -0.39 is 6.02 Å². The summed E-state index contributed by atoms with van der Waals surface area (Å²) in [6, 6.07) is 15.4. The van der Waals surface area contributed by atoms with Gasteiger partial charge in [0.25, 0.3) is 0 Å². The molecule has 0 amide bonds. The predicted molar refractivity (Wildman–Crippen MR) is 122 cm³/mol. The first kappa shape index (κ1) is 17.8. The third kappa shape index (κ3) is 2.95. The van der Waals surface area contributed by atoms with Crippen molar-refractivity contribution in [2.75, 3.05) is 4.90 Å². The van der Waals surface area contributed by atoms with Gasteiger partial charge in [-0.15, -0.1) is 0 Å². The second kappa shape index (κ2) is 7.32. The molecule has 2 aromatic carbocycles. The summed E-state index contributed by atoms with van der Waals surface area (Å²) in [6.07, 6.45) is 9.55. The first-order valence-electron chi connectivity index (χ1n) is 11.8. The van der Waals surface area contributed by atoms with Gasteiger partial charge in [-0.05, 0) is 74.8 Å². The zero-order chi connectivity index (χ0) is 21.0. The highest BCUT2D eigenvalue weighted by Gasteiger charge is 2.51. The first-order valence-corrected chi connectivity index (χ1v) is 11.3. The van der Waals surface area contributed by atoms with E-state index in [0.717, 1.165) is 0 Å². The van der Waals surface area contributed by atoms with Crippen LogP contribution in [0.3, 0.4) is 0 Å². The summed E-state index contributed by atoms with van der Waals surface area (Å²) in [7, 11) is 0. The SMILES string of the molecule is [2H]C1(C2CCCC2)C=CC2[C@H](C)N(c3ccccc3C)C(c3c(C)cccc3C)N21. The van der Waals surface area contributed by atoms with E-state index in [1.165, 1.54) is 53.6 Å². The van der Waals surface area contributed by atoms with E-state index in [9.17, 15) is 1.37 Å². The quantitative estimate of drug-likeness (QED) is 0.569. The van der Waals surface area contributed by atoms with Gasteiger partial charge in [-0.3, -0.25) is 4.90 Å². The van der Waals surface area contributed by atoms with Crippen LogP contribution < -0.4 is 4.90 Å². The van der Waals surface area contributed by atoms with Crippen LogP contribution in [0.25, 0.3) is 0 Å². The smallest absolute Gasteiger partial charge is 0.110 e. The molecule has 29 heavy (non-hydrogen) atoms. The highest BCUT2D eigenvalue weighted by molar-refractivity contribution is 5.59. The van der Waals surface area contributed by atoms with Crippen LogP contribution in [-0.4, -0.2) is 23.0 Å². The number of hydrogen-bond acceptors (Lipinski definition) is 2. The van der Waals surface area contributed by atoms with Crippen molar-refractivity contribution in [3.05, 3.63) is 76.9 Å². The maximum atomic E-state index is 9.73. The molecule has 2 nitrogen and oxygen atoms in total. The van der Waals surface area contributed by atoms with Crippen molar-refractivity contribution in [1.29, 1.82) is 0 Å². The van der Waals surface area contributed by atoms with Crippen LogP contribution in [0.5, 0.6) is 0 Å². The van der Waals surface area contributed by atoms with E-state index in [2.05, 4.69) is 92.1 Å². The van der Waals surface area contributed by atoms with E-state index in [-0.39, 0.29) is 12.2 Å². The molecule has 0 aromatic heterocycles. The largest absolute Gasteiger partial charge is 0.347 e. The molecule has 3 aliphatic rings. The molecule has 2 aromatic rings. The lowest BCUT2D eigenvalue weighted by molar-refractivity contribution is 0.150. The second-order valence-electron chi connectivity index (χ2n) is 9.28. The fourth-order valence-corrected chi connectivity index (χ4v) is 6.05. The standard InChI is InChI=1S/C27H34N2/c1-18-10-5-8-15-23(18)28-21(4)24-16-17-25(22-13-6-7-14-22)29(24)27(28)26-19(2)11-9-12-20(26)3/h5,8-12,15-17,21-22,24-25,27H,6-7,13-14H2,1-4H3/t21-,24?,25?,27?/m0/s1/i25D. The maximum absolute atomic E-state index is 9.73. The van der Waals surface area contributed by atoms with Gasteiger partial charge in [0.05, 0.1) is 7.41 Å². The molecular formula is C27H34N2. The molecule has 0 radical (unpaired) electrons. The Morgan fingerprint density at radius 3 is 2.21 bits per heavy atom. The number of anilines is 1. The predicted octanol–water partition coefficient (Wildman–Crippen LogP) is 6.32. The van der Waals surface area contributed by atoms with Crippen molar-refractivity contribution < 1.29 is 1.37 Å². The van der Waals surface area contributed by atoms with E-state index in [0.29, 0.717) is 12.0 Å². The van der Waals surface area contributed by atoms with Crippen molar-refractivity contribution >= 4 is 5.69 Å². The third-order valence-corrected chi connectivity index (χ3v) is 7.51. The fraction of sp³-hybridized carbons (Fsp3) is 0.481. The van der Waals surface area contributed by atoms with Crippen LogP contribution in [0.1, 0.15) is 62.4 Å². The number of benzene rings is 2. The molecule has 0 N–H and O–H groups in total. The van der Waals surface area contributed by atoms with Gasteiger partial charge in [0.1, 0.15) is 6.17 Å². The molecule has 0 spiro atoms. The van der Waals surface area contributed by atoms with Gasteiger partial charge in [-0.2, -0.15) is 0 Å². The van der Waals surface area contributed by atoms with Gasteiger partial charge in [-0.25, -0.2) is 0 Å². The molecule has 4 atom stereocenters. The molecule has 1 saturated carbocycles. The number of hydrogen-bond donors (Lipinski definition) is 0. The Kier molecular flexibility index (Phi) is 4.49. The summed E-state index contributed by atoms with van der Waals surface area (Å²) in [6.45, 7) is 9.04. The highest BCUT2D eigenvalue weighted by Crippen LogP contribution is 2.50. The average molecular weight is 388 g/mol. The van der Waals surface area contributed by atoms with Gasteiger partial charge < -0.3 is 4.90 Å². The molecule has 1 saturated heterocycles. The lowest BCUT2D eigenvalue weighted by atomic mass is 9.94. The fourth-order valence-electron chi connectivity index (χ4n) is 6.05. The van der Waals surface area contributed by atoms with Gasteiger partial charge in [-0.1, -0.05) is 61.4 Å². The summed E-state index contributed by atoms with van der Waals surface area (Å²) < 4.78 is 9.73. The molecular weight excluding hydrogens is 352 g/mol.